The molecule has 1 heterocycles. The van der Waals surface area contributed by atoms with Crippen LogP contribution in [0.15, 0.2) is 55.4 Å². The van der Waals surface area contributed by atoms with Gasteiger partial charge in [-0.15, -0.1) is 0 Å². The summed E-state index contributed by atoms with van der Waals surface area (Å²) in [7, 11) is 0. The summed E-state index contributed by atoms with van der Waals surface area (Å²) in [5.74, 6) is 0.858. The van der Waals surface area contributed by atoms with Crippen LogP contribution in [-0.2, 0) is 6.42 Å². The van der Waals surface area contributed by atoms with Crippen LogP contribution in [-0.4, -0.2) is 24.0 Å². The molecule has 0 aliphatic carbocycles. The minimum Gasteiger partial charge on any atom is -0.405 e. The first kappa shape index (κ1) is 28.5. The van der Waals surface area contributed by atoms with Gasteiger partial charge in [0.15, 0.2) is 0 Å². The molecule has 1 aliphatic rings. The second kappa shape index (κ2) is 16.2. The lowest BCUT2D eigenvalue weighted by Crippen LogP contribution is -2.22. The summed E-state index contributed by atoms with van der Waals surface area (Å²) < 4.78 is 0. The highest BCUT2D eigenvalue weighted by molar-refractivity contribution is 5.13. The maximum absolute atomic E-state index is 5.11. The normalized spacial score (nSPS) is 15.3. The van der Waals surface area contributed by atoms with Crippen molar-refractivity contribution in [1.82, 2.24) is 4.90 Å². The van der Waals surface area contributed by atoms with Crippen molar-refractivity contribution in [2.45, 2.75) is 73.8 Å². The molecule has 0 amide bonds. The molecule has 1 unspecified atom stereocenters. The first-order chi connectivity index (χ1) is 13.0. The molecule has 1 aromatic carbocycles. The fourth-order valence-electron chi connectivity index (χ4n) is 2.66. The minimum atomic E-state index is 0.333. The maximum Gasteiger partial charge on any atom is 0.0201 e. The third kappa shape index (κ3) is 19.0. The molecule has 0 spiro atoms. The van der Waals surface area contributed by atoms with Crippen LogP contribution in [0.3, 0.4) is 0 Å². The standard InChI is InChI=1S/C12H23N.C8H10.C3H9N.C2H5N/c1-10-6-7-13(9-10)11(2)8-12(3,4)5;1-2-8-6-4-3-5-7-8;1-3(2)4;1-2-3/h10H,2,6-9H2,1,3-5H3;3-7H,2H2,1H3;3H,4H2,1-2H3;2H,1,3H2. The topological polar surface area (TPSA) is 55.3 Å². The van der Waals surface area contributed by atoms with E-state index < -0.39 is 0 Å². The third-order valence-electron chi connectivity index (χ3n) is 3.86. The first-order valence-corrected chi connectivity index (χ1v) is 10.5. The molecule has 0 aromatic heterocycles. The number of hydrogen-bond donors (Lipinski definition) is 2. The van der Waals surface area contributed by atoms with E-state index >= 15 is 0 Å². The molecule has 0 saturated carbocycles. The lowest BCUT2D eigenvalue weighted by Gasteiger charge is -2.27. The number of rotatable bonds is 3. The lowest BCUT2D eigenvalue weighted by atomic mass is 9.90. The Kier molecular flexibility index (Phi) is 16.5. The van der Waals surface area contributed by atoms with Gasteiger partial charge in [-0.1, -0.05) is 92.0 Å². The fourth-order valence-corrected chi connectivity index (χ4v) is 2.66. The largest absolute Gasteiger partial charge is 0.405 e. The van der Waals surface area contributed by atoms with Crippen LogP contribution in [0, 0.1) is 11.3 Å². The van der Waals surface area contributed by atoms with E-state index in [-0.39, 0.29) is 0 Å². The van der Waals surface area contributed by atoms with E-state index in [0.717, 1.165) is 18.8 Å². The second-order valence-corrected chi connectivity index (χ2v) is 8.96. The van der Waals surface area contributed by atoms with Gasteiger partial charge in [-0.05, 0) is 48.4 Å². The predicted octanol–water partition coefficient (Wildman–Crippen LogP) is 5.97. The second-order valence-electron chi connectivity index (χ2n) is 8.96. The Bertz CT molecular complexity index is 498. The van der Waals surface area contributed by atoms with E-state index in [1.807, 2.05) is 19.9 Å². The van der Waals surface area contributed by atoms with E-state index in [0.29, 0.717) is 11.5 Å². The van der Waals surface area contributed by atoms with E-state index in [4.69, 9.17) is 5.73 Å². The van der Waals surface area contributed by atoms with Crippen molar-refractivity contribution < 1.29 is 0 Å². The van der Waals surface area contributed by atoms with Crippen LogP contribution in [0.4, 0.5) is 0 Å². The SMILES string of the molecule is C=C(CC(C)(C)C)N1CCC(C)C1.C=CN.CC(C)N.CCc1ccccc1. The molecule has 4 N–H and O–H groups in total. The van der Waals surface area contributed by atoms with Crippen LogP contribution in [0.5, 0.6) is 0 Å². The van der Waals surface area contributed by atoms with Gasteiger partial charge >= 0.3 is 0 Å². The maximum atomic E-state index is 5.11. The van der Waals surface area contributed by atoms with Gasteiger partial charge in [0, 0.05) is 18.8 Å². The van der Waals surface area contributed by atoms with E-state index in [9.17, 15) is 0 Å². The summed E-state index contributed by atoms with van der Waals surface area (Å²) in [6.07, 6.45) is 4.85. The molecule has 162 valence electrons. The van der Waals surface area contributed by atoms with Crippen molar-refractivity contribution in [3.63, 3.8) is 0 Å². The number of hydrogen-bond acceptors (Lipinski definition) is 3. The van der Waals surface area contributed by atoms with Gasteiger partial charge in [0.2, 0.25) is 0 Å². The van der Waals surface area contributed by atoms with Gasteiger partial charge in [0.25, 0.3) is 0 Å². The van der Waals surface area contributed by atoms with Gasteiger partial charge in [0.1, 0.15) is 0 Å². The molecule has 28 heavy (non-hydrogen) atoms. The van der Waals surface area contributed by atoms with Gasteiger partial charge < -0.3 is 16.4 Å². The summed E-state index contributed by atoms with van der Waals surface area (Å²) in [5.41, 5.74) is 12.8. The predicted molar refractivity (Wildman–Crippen MR) is 128 cm³/mol. The molecule has 0 radical (unpaired) electrons. The smallest absolute Gasteiger partial charge is 0.0201 e. The summed E-state index contributed by atoms with van der Waals surface area (Å²) in [6, 6.07) is 10.8. The molecule has 1 atom stereocenters. The quantitative estimate of drug-likeness (QED) is 0.669. The summed E-state index contributed by atoms with van der Waals surface area (Å²) in [6.45, 7) is 25.0. The van der Waals surface area contributed by atoms with Gasteiger partial charge in [0.05, 0.1) is 0 Å². The molecule has 1 aromatic rings. The van der Waals surface area contributed by atoms with Crippen molar-refractivity contribution in [3.8, 4) is 0 Å². The highest BCUT2D eigenvalue weighted by atomic mass is 15.2. The molecule has 1 aliphatic heterocycles. The molecule has 3 heteroatoms. The van der Waals surface area contributed by atoms with Crippen LogP contribution in [0.2, 0.25) is 0 Å². The van der Waals surface area contributed by atoms with Gasteiger partial charge in [-0.2, -0.15) is 0 Å². The molecule has 1 fully saturated rings. The zero-order chi connectivity index (χ0) is 22.2. The van der Waals surface area contributed by atoms with E-state index in [2.05, 4.69) is 82.7 Å². The zero-order valence-corrected chi connectivity index (χ0v) is 19.7. The van der Waals surface area contributed by atoms with Crippen molar-refractivity contribution in [3.05, 3.63) is 61.0 Å². The summed E-state index contributed by atoms with van der Waals surface area (Å²) in [5, 5.41) is 0. The average Bonchev–Trinajstić information content (AvgIpc) is 3.02. The number of allylic oxidation sites excluding steroid dienone is 1. The van der Waals surface area contributed by atoms with Crippen molar-refractivity contribution in [2.24, 2.45) is 22.8 Å². The number of aryl methyl sites for hydroxylation is 1. The number of benzene rings is 1. The molecule has 1 saturated heterocycles. The van der Waals surface area contributed by atoms with E-state index in [1.165, 1.54) is 37.0 Å². The van der Waals surface area contributed by atoms with E-state index in [1.54, 1.807) is 0 Å². The van der Waals surface area contributed by atoms with Crippen LogP contribution in [0.25, 0.3) is 0 Å². The first-order valence-electron chi connectivity index (χ1n) is 10.5. The van der Waals surface area contributed by atoms with Gasteiger partial charge in [-0.25, -0.2) is 0 Å². The molecule has 2 rings (SSSR count). The molecular weight excluding hydrogens is 342 g/mol. The highest BCUT2D eigenvalue weighted by Gasteiger charge is 2.22. The average molecular weight is 390 g/mol. The molecular formula is C25H47N3. The van der Waals surface area contributed by atoms with Crippen LogP contribution in [0.1, 0.15) is 66.9 Å². The van der Waals surface area contributed by atoms with Crippen molar-refractivity contribution in [1.29, 1.82) is 0 Å². The Balaban J connectivity index is 0. The van der Waals surface area contributed by atoms with Crippen molar-refractivity contribution >= 4 is 0 Å². The summed E-state index contributed by atoms with van der Waals surface area (Å²) in [4.78, 5) is 2.45. The Morgan fingerprint density at radius 2 is 1.71 bits per heavy atom. The summed E-state index contributed by atoms with van der Waals surface area (Å²) >= 11 is 0. The number of nitrogens with zero attached hydrogens (tertiary/aromatic N) is 1. The number of likely N-dealkylation sites (tertiary alicyclic amines) is 1. The Morgan fingerprint density at radius 3 is 2.00 bits per heavy atom. The Labute approximate surface area is 175 Å². The van der Waals surface area contributed by atoms with Crippen LogP contribution < -0.4 is 11.5 Å². The fraction of sp³-hybridized carbons (Fsp3) is 0.600. The minimum absolute atomic E-state index is 0.333. The Morgan fingerprint density at radius 1 is 1.25 bits per heavy atom. The Hall–Kier alpha value is -1.74. The van der Waals surface area contributed by atoms with Gasteiger partial charge in [-0.3, -0.25) is 0 Å². The highest BCUT2D eigenvalue weighted by Crippen LogP contribution is 2.28. The molecule has 0 bridgehead atoms. The lowest BCUT2D eigenvalue weighted by molar-refractivity contribution is 0.324. The van der Waals surface area contributed by atoms with Crippen LogP contribution >= 0.6 is 0 Å². The monoisotopic (exact) mass is 389 g/mol. The molecule has 3 nitrogen and oxygen atoms in total. The third-order valence-corrected chi connectivity index (χ3v) is 3.86. The number of nitrogens with two attached hydrogens (primary N) is 2. The van der Waals surface area contributed by atoms with Crippen molar-refractivity contribution in [2.75, 3.05) is 13.1 Å². The zero-order valence-electron chi connectivity index (χ0n) is 19.7.